The molecule has 0 aliphatic carbocycles. The first-order valence-corrected chi connectivity index (χ1v) is 17.3. The van der Waals surface area contributed by atoms with Gasteiger partial charge in [0.25, 0.3) is 0 Å². The zero-order valence-corrected chi connectivity index (χ0v) is 27.7. The second-order valence-electron chi connectivity index (χ2n) is 11.2. The van der Waals surface area contributed by atoms with Crippen molar-refractivity contribution in [1.82, 2.24) is 5.32 Å². The smallest absolute Gasteiger partial charge is 0.220 e. The average molecular weight is 596 g/mol. The normalized spacial score (nSPS) is 14.2. The Bertz CT molecular complexity index is 818. The number of aliphatic hydroxyl groups is 2. The standard InChI is InChI=1S/C39H65NO3/c1-3-5-7-9-10-11-12-13-14-15-16-17-18-19-20-21-22-23-24-25-26-27-28-29-30-31-33-35-39(43)40-37(36-41)38(42)34-32-8-6-4-2/h5,7,10-11,13-14,16-17,19-20,22-23,32,34,37-38,41-42H,3-4,6,8-9,12,15,18,21,24-31,33,35-36H2,1-2H3,(H,40,43)/b7-5-,11-10-,14-13-,17-16-,20-19-,23-22-,34-32+. The molecule has 1 amide bonds. The highest BCUT2D eigenvalue weighted by Gasteiger charge is 2.17. The lowest BCUT2D eigenvalue weighted by Crippen LogP contribution is -2.45. The van der Waals surface area contributed by atoms with E-state index in [1.807, 2.05) is 6.08 Å². The third-order valence-corrected chi connectivity index (χ3v) is 7.13. The molecule has 0 aliphatic heterocycles. The van der Waals surface area contributed by atoms with E-state index in [9.17, 15) is 15.0 Å². The van der Waals surface area contributed by atoms with Gasteiger partial charge in [0.05, 0.1) is 18.8 Å². The quantitative estimate of drug-likeness (QED) is 0.0595. The molecule has 0 fully saturated rings. The molecule has 0 aromatic carbocycles. The third-order valence-electron chi connectivity index (χ3n) is 7.13. The number of rotatable bonds is 29. The summed E-state index contributed by atoms with van der Waals surface area (Å²) in [5, 5.41) is 22.4. The number of hydrogen-bond acceptors (Lipinski definition) is 3. The summed E-state index contributed by atoms with van der Waals surface area (Å²) in [7, 11) is 0. The summed E-state index contributed by atoms with van der Waals surface area (Å²) in [5.41, 5.74) is 0. The van der Waals surface area contributed by atoms with E-state index in [1.54, 1.807) is 6.08 Å². The predicted molar refractivity (Wildman–Crippen MR) is 188 cm³/mol. The molecular formula is C39H65NO3. The number of allylic oxidation sites excluding steroid dienone is 13. The van der Waals surface area contributed by atoms with Crippen molar-refractivity contribution < 1.29 is 15.0 Å². The zero-order chi connectivity index (χ0) is 31.5. The van der Waals surface area contributed by atoms with Gasteiger partial charge < -0.3 is 15.5 Å². The molecule has 4 heteroatoms. The van der Waals surface area contributed by atoms with Gasteiger partial charge in [-0.25, -0.2) is 0 Å². The van der Waals surface area contributed by atoms with Gasteiger partial charge in [-0.2, -0.15) is 0 Å². The molecule has 0 saturated heterocycles. The summed E-state index contributed by atoms with van der Waals surface area (Å²) in [5.74, 6) is -0.0885. The number of nitrogens with one attached hydrogen (secondary N) is 1. The Morgan fingerprint density at radius 3 is 1.51 bits per heavy atom. The first-order valence-electron chi connectivity index (χ1n) is 17.3. The first kappa shape index (κ1) is 40.6. The highest BCUT2D eigenvalue weighted by Crippen LogP contribution is 2.11. The van der Waals surface area contributed by atoms with Crippen LogP contribution in [0.5, 0.6) is 0 Å². The maximum Gasteiger partial charge on any atom is 0.220 e. The molecule has 0 rings (SSSR count). The first-order chi connectivity index (χ1) is 21.2. The van der Waals surface area contributed by atoms with Crippen molar-refractivity contribution in [3.05, 3.63) is 85.1 Å². The second kappa shape index (κ2) is 34.1. The Balaban J connectivity index is 3.59. The van der Waals surface area contributed by atoms with Crippen molar-refractivity contribution in [3.63, 3.8) is 0 Å². The fourth-order valence-electron chi connectivity index (χ4n) is 4.46. The summed E-state index contributed by atoms with van der Waals surface area (Å²) in [4.78, 5) is 12.2. The number of unbranched alkanes of at least 4 members (excludes halogenated alkanes) is 10. The van der Waals surface area contributed by atoms with Crippen LogP contribution >= 0.6 is 0 Å². The highest BCUT2D eigenvalue weighted by atomic mass is 16.3. The van der Waals surface area contributed by atoms with Crippen LogP contribution in [0.25, 0.3) is 0 Å². The second-order valence-corrected chi connectivity index (χ2v) is 11.2. The van der Waals surface area contributed by atoms with Crippen LogP contribution in [0.1, 0.15) is 136 Å². The molecule has 244 valence electrons. The van der Waals surface area contributed by atoms with E-state index >= 15 is 0 Å². The van der Waals surface area contributed by atoms with E-state index in [0.717, 1.165) is 83.5 Å². The van der Waals surface area contributed by atoms with Crippen LogP contribution in [-0.4, -0.2) is 34.9 Å². The van der Waals surface area contributed by atoms with Gasteiger partial charge in [0.15, 0.2) is 0 Å². The predicted octanol–water partition coefficient (Wildman–Crippen LogP) is 10.2. The van der Waals surface area contributed by atoms with E-state index in [2.05, 4.69) is 92.1 Å². The Kier molecular flexibility index (Phi) is 32.1. The maximum absolute atomic E-state index is 12.2. The number of carbonyl (C=O) groups is 1. The van der Waals surface area contributed by atoms with Crippen LogP contribution in [0.15, 0.2) is 85.1 Å². The van der Waals surface area contributed by atoms with Gasteiger partial charge in [0.1, 0.15) is 0 Å². The monoisotopic (exact) mass is 595 g/mol. The number of hydrogen-bond donors (Lipinski definition) is 3. The van der Waals surface area contributed by atoms with Crippen LogP contribution in [0.2, 0.25) is 0 Å². The molecule has 2 atom stereocenters. The highest BCUT2D eigenvalue weighted by molar-refractivity contribution is 5.76. The van der Waals surface area contributed by atoms with E-state index in [1.165, 1.54) is 32.1 Å². The summed E-state index contributed by atoms with van der Waals surface area (Å²) in [6.45, 7) is 4.02. The van der Waals surface area contributed by atoms with Gasteiger partial charge in [0.2, 0.25) is 5.91 Å². The van der Waals surface area contributed by atoms with Gasteiger partial charge in [0, 0.05) is 6.42 Å². The molecule has 3 N–H and O–H groups in total. The fourth-order valence-corrected chi connectivity index (χ4v) is 4.46. The average Bonchev–Trinajstić information content (AvgIpc) is 3.01. The Morgan fingerprint density at radius 2 is 1.02 bits per heavy atom. The van der Waals surface area contributed by atoms with Crippen molar-refractivity contribution in [3.8, 4) is 0 Å². The summed E-state index contributed by atoms with van der Waals surface area (Å²) in [6.07, 6.45) is 49.9. The van der Waals surface area contributed by atoms with E-state index < -0.39 is 12.1 Å². The molecule has 0 bridgehead atoms. The minimum Gasteiger partial charge on any atom is -0.394 e. The van der Waals surface area contributed by atoms with Crippen LogP contribution in [-0.2, 0) is 4.79 Å². The number of carbonyl (C=O) groups excluding carboxylic acids is 1. The van der Waals surface area contributed by atoms with Crippen molar-refractivity contribution in [1.29, 1.82) is 0 Å². The van der Waals surface area contributed by atoms with E-state index in [-0.39, 0.29) is 12.5 Å². The van der Waals surface area contributed by atoms with Crippen LogP contribution in [0.3, 0.4) is 0 Å². The molecule has 0 aromatic heterocycles. The zero-order valence-electron chi connectivity index (χ0n) is 27.7. The van der Waals surface area contributed by atoms with Crippen molar-refractivity contribution in [2.75, 3.05) is 6.61 Å². The molecule has 0 radical (unpaired) electrons. The molecule has 0 aromatic rings. The lowest BCUT2D eigenvalue weighted by Gasteiger charge is -2.19. The molecular weight excluding hydrogens is 530 g/mol. The topological polar surface area (TPSA) is 69.6 Å². The van der Waals surface area contributed by atoms with Crippen molar-refractivity contribution >= 4 is 5.91 Å². The molecule has 43 heavy (non-hydrogen) atoms. The summed E-state index contributed by atoms with van der Waals surface area (Å²) in [6, 6.07) is -0.627. The molecule has 0 heterocycles. The Morgan fingerprint density at radius 1 is 0.581 bits per heavy atom. The fraction of sp³-hybridized carbons (Fsp3) is 0.615. The van der Waals surface area contributed by atoms with Gasteiger partial charge in [-0.3, -0.25) is 4.79 Å². The van der Waals surface area contributed by atoms with Gasteiger partial charge in [-0.1, -0.05) is 150 Å². The van der Waals surface area contributed by atoms with E-state index in [4.69, 9.17) is 0 Å². The number of amides is 1. The molecule has 2 unspecified atom stereocenters. The van der Waals surface area contributed by atoms with Crippen molar-refractivity contribution in [2.24, 2.45) is 0 Å². The molecule has 0 aliphatic rings. The largest absolute Gasteiger partial charge is 0.394 e. The summed E-state index contributed by atoms with van der Waals surface area (Å²) < 4.78 is 0. The Labute approximate surface area is 265 Å². The minimum absolute atomic E-state index is 0.0885. The van der Waals surface area contributed by atoms with Crippen LogP contribution in [0.4, 0.5) is 0 Å². The third kappa shape index (κ3) is 30.8. The van der Waals surface area contributed by atoms with Crippen LogP contribution < -0.4 is 5.32 Å². The Hall–Kier alpha value is -2.43. The SMILES string of the molecule is CC/C=C\C/C=C\C/C=C\C/C=C\C/C=C\C/C=C\CCCCCCCCCCC(=O)NC(CO)C(O)/C=C/CCCC. The van der Waals surface area contributed by atoms with Gasteiger partial charge in [-0.05, 0) is 64.2 Å². The molecule has 0 saturated carbocycles. The maximum atomic E-state index is 12.2. The molecule has 4 nitrogen and oxygen atoms in total. The lowest BCUT2D eigenvalue weighted by atomic mass is 10.1. The lowest BCUT2D eigenvalue weighted by molar-refractivity contribution is -0.123. The summed E-state index contributed by atoms with van der Waals surface area (Å²) >= 11 is 0. The van der Waals surface area contributed by atoms with Crippen LogP contribution in [0, 0.1) is 0 Å². The minimum atomic E-state index is -0.842. The molecule has 0 spiro atoms. The van der Waals surface area contributed by atoms with E-state index in [0.29, 0.717) is 6.42 Å². The number of aliphatic hydroxyl groups excluding tert-OH is 2. The van der Waals surface area contributed by atoms with Gasteiger partial charge in [-0.15, -0.1) is 0 Å². The van der Waals surface area contributed by atoms with Crippen molar-refractivity contribution in [2.45, 2.75) is 148 Å². The van der Waals surface area contributed by atoms with Gasteiger partial charge >= 0.3 is 0 Å².